The molecule has 2 aromatic heterocycles. The lowest BCUT2D eigenvalue weighted by Crippen LogP contribution is -2.51. The van der Waals surface area contributed by atoms with Gasteiger partial charge in [-0.1, -0.05) is 12.1 Å². The van der Waals surface area contributed by atoms with Crippen LogP contribution in [-0.2, 0) is 11.8 Å². The van der Waals surface area contributed by atoms with Gasteiger partial charge in [-0.15, -0.1) is 0 Å². The molecule has 2 atom stereocenters. The molecule has 0 amide bonds. The van der Waals surface area contributed by atoms with E-state index in [1.807, 2.05) is 6.92 Å². The van der Waals surface area contributed by atoms with E-state index < -0.39 is 0 Å². The van der Waals surface area contributed by atoms with Crippen LogP contribution >= 0.6 is 0 Å². The number of hydrogen-bond donors (Lipinski definition) is 2. The van der Waals surface area contributed by atoms with Crippen LogP contribution in [0.15, 0.2) is 29.1 Å². The van der Waals surface area contributed by atoms with Crippen molar-refractivity contribution in [2.75, 3.05) is 24.6 Å². The molecule has 1 aromatic carbocycles. The molecule has 0 bridgehead atoms. The molecule has 2 aliphatic rings. The van der Waals surface area contributed by atoms with E-state index in [1.54, 1.807) is 23.7 Å². The van der Waals surface area contributed by atoms with E-state index in [0.717, 1.165) is 25.9 Å². The molecule has 30 heavy (non-hydrogen) atoms. The molecule has 5 rings (SSSR count). The van der Waals surface area contributed by atoms with Crippen LogP contribution in [0.1, 0.15) is 19.8 Å². The highest BCUT2D eigenvalue weighted by Gasteiger charge is 2.47. The highest BCUT2D eigenvalue weighted by molar-refractivity contribution is 5.90. The number of nitrogens with zero attached hydrogens (tertiary/aromatic N) is 4. The quantitative estimate of drug-likeness (QED) is 0.665. The van der Waals surface area contributed by atoms with Gasteiger partial charge in [0.2, 0.25) is 5.95 Å². The second kappa shape index (κ2) is 6.88. The summed E-state index contributed by atoms with van der Waals surface area (Å²) in [6.45, 7) is 4.21. The summed E-state index contributed by atoms with van der Waals surface area (Å²) in [5.41, 5.74) is 7.55. The summed E-state index contributed by atoms with van der Waals surface area (Å²) in [4.78, 5) is 20.0. The number of piperidine rings is 1. The Morgan fingerprint density at radius 2 is 2.10 bits per heavy atom. The fourth-order valence-corrected chi connectivity index (χ4v) is 4.80. The summed E-state index contributed by atoms with van der Waals surface area (Å²) in [6.07, 6.45) is 1.86. The van der Waals surface area contributed by atoms with Crippen molar-refractivity contribution in [2.24, 2.45) is 18.2 Å². The SMILES string of the molecule is C[C@@H]1OCC2(CCN(c3nc4[nH]nc(-c5cccc(F)c5)c4c(=O)n3C)CC2)[C@@H]1N. The Balaban J connectivity index is 1.49. The first-order chi connectivity index (χ1) is 14.4. The van der Waals surface area contributed by atoms with Gasteiger partial charge in [-0.25, -0.2) is 4.39 Å². The number of nitrogens with one attached hydrogen (secondary N) is 1. The number of benzene rings is 1. The van der Waals surface area contributed by atoms with Crippen molar-refractivity contribution in [3.05, 3.63) is 40.4 Å². The van der Waals surface area contributed by atoms with E-state index in [2.05, 4.69) is 15.1 Å². The maximum absolute atomic E-state index is 13.7. The van der Waals surface area contributed by atoms with Crippen LogP contribution in [0.3, 0.4) is 0 Å². The summed E-state index contributed by atoms with van der Waals surface area (Å²) < 4.78 is 21.0. The van der Waals surface area contributed by atoms with Gasteiger partial charge in [0.05, 0.1) is 12.7 Å². The molecule has 1 spiro atoms. The van der Waals surface area contributed by atoms with Gasteiger partial charge in [0.1, 0.15) is 16.9 Å². The minimum absolute atomic E-state index is 0.00256. The molecular formula is C21H25FN6O2. The largest absolute Gasteiger partial charge is 0.376 e. The monoisotopic (exact) mass is 412 g/mol. The van der Waals surface area contributed by atoms with Crippen LogP contribution in [-0.4, -0.2) is 51.6 Å². The van der Waals surface area contributed by atoms with Crippen molar-refractivity contribution in [3.8, 4) is 11.3 Å². The van der Waals surface area contributed by atoms with Crippen LogP contribution in [0.25, 0.3) is 22.3 Å². The number of aromatic amines is 1. The molecule has 2 saturated heterocycles. The van der Waals surface area contributed by atoms with E-state index in [-0.39, 0.29) is 28.9 Å². The summed E-state index contributed by atoms with van der Waals surface area (Å²) in [6, 6.07) is 6.07. The molecule has 0 unspecified atom stereocenters. The lowest BCUT2D eigenvalue weighted by atomic mass is 9.73. The molecule has 4 heterocycles. The number of fused-ring (bicyclic) bond motifs is 1. The summed E-state index contributed by atoms with van der Waals surface area (Å²) >= 11 is 0. The maximum Gasteiger partial charge on any atom is 0.266 e. The third-order valence-corrected chi connectivity index (χ3v) is 6.76. The Hall–Kier alpha value is -2.78. The van der Waals surface area contributed by atoms with Crippen molar-refractivity contribution in [2.45, 2.75) is 31.9 Å². The molecule has 0 radical (unpaired) electrons. The number of nitrogens with two attached hydrogens (primary N) is 1. The zero-order valence-corrected chi connectivity index (χ0v) is 17.1. The van der Waals surface area contributed by atoms with Gasteiger partial charge in [-0.3, -0.25) is 14.5 Å². The van der Waals surface area contributed by atoms with E-state index >= 15 is 0 Å². The Labute approximate surface area is 172 Å². The second-order valence-corrected chi connectivity index (χ2v) is 8.47. The number of aromatic nitrogens is 4. The van der Waals surface area contributed by atoms with Gasteiger partial charge >= 0.3 is 0 Å². The van der Waals surface area contributed by atoms with Crippen molar-refractivity contribution in [1.29, 1.82) is 0 Å². The van der Waals surface area contributed by atoms with Crippen molar-refractivity contribution in [1.82, 2.24) is 19.7 Å². The topological polar surface area (TPSA) is 102 Å². The average Bonchev–Trinajstić information content (AvgIpc) is 3.29. The smallest absolute Gasteiger partial charge is 0.266 e. The number of ether oxygens (including phenoxy) is 1. The number of anilines is 1. The third kappa shape index (κ3) is 2.84. The van der Waals surface area contributed by atoms with Gasteiger partial charge in [-0.2, -0.15) is 10.1 Å². The molecule has 3 N–H and O–H groups in total. The standard InChI is InChI=1S/C21H25FN6O2/c1-12-17(23)21(11-30-12)6-8-28(9-7-21)20-24-18-15(19(29)27(20)2)16(25-26-18)13-4-3-5-14(22)10-13/h3-5,10,12,17H,6-9,11,23H2,1-2H3,(H,25,26)/t12-,17+/m0/s1. The van der Waals surface area contributed by atoms with Crippen LogP contribution in [0.4, 0.5) is 10.3 Å². The predicted molar refractivity (Wildman–Crippen MR) is 112 cm³/mol. The first kappa shape index (κ1) is 19.2. The zero-order chi connectivity index (χ0) is 21.0. The first-order valence-corrected chi connectivity index (χ1v) is 10.2. The van der Waals surface area contributed by atoms with Crippen LogP contribution in [0.5, 0.6) is 0 Å². The molecule has 3 aromatic rings. The molecule has 8 nitrogen and oxygen atoms in total. The first-order valence-electron chi connectivity index (χ1n) is 10.2. The van der Waals surface area contributed by atoms with Gasteiger partial charge in [0.25, 0.3) is 5.56 Å². The van der Waals surface area contributed by atoms with E-state index in [9.17, 15) is 9.18 Å². The molecule has 9 heteroatoms. The third-order valence-electron chi connectivity index (χ3n) is 6.76. The second-order valence-electron chi connectivity index (χ2n) is 8.47. The Morgan fingerprint density at radius 1 is 1.33 bits per heavy atom. The Bertz CT molecular complexity index is 1160. The minimum Gasteiger partial charge on any atom is -0.376 e. The minimum atomic E-state index is -0.379. The summed E-state index contributed by atoms with van der Waals surface area (Å²) in [5, 5.41) is 7.46. The highest BCUT2D eigenvalue weighted by atomic mass is 19.1. The van der Waals surface area contributed by atoms with E-state index in [4.69, 9.17) is 15.5 Å². The summed E-state index contributed by atoms with van der Waals surface area (Å²) in [5.74, 6) is 0.216. The Morgan fingerprint density at radius 3 is 2.77 bits per heavy atom. The predicted octanol–water partition coefficient (Wildman–Crippen LogP) is 1.80. The average molecular weight is 412 g/mol. The molecule has 2 aliphatic heterocycles. The molecular weight excluding hydrogens is 387 g/mol. The lowest BCUT2D eigenvalue weighted by molar-refractivity contribution is 0.0973. The maximum atomic E-state index is 13.7. The fourth-order valence-electron chi connectivity index (χ4n) is 4.80. The zero-order valence-electron chi connectivity index (χ0n) is 17.1. The lowest BCUT2D eigenvalue weighted by Gasteiger charge is -2.41. The molecule has 158 valence electrons. The number of hydrogen-bond acceptors (Lipinski definition) is 6. The van der Waals surface area contributed by atoms with Crippen LogP contribution in [0, 0.1) is 11.2 Å². The van der Waals surface area contributed by atoms with Crippen LogP contribution in [0.2, 0.25) is 0 Å². The van der Waals surface area contributed by atoms with E-state index in [1.165, 1.54) is 12.1 Å². The van der Waals surface area contributed by atoms with Crippen molar-refractivity contribution in [3.63, 3.8) is 0 Å². The number of H-pyrrole nitrogens is 1. The van der Waals surface area contributed by atoms with Crippen LogP contribution < -0.4 is 16.2 Å². The van der Waals surface area contributed by atoms with Gasteiger partial charge in [0, 0.05) is 37.2 Å². The normalized spacial score (nSPS) is 23.5. The van der Waals surface area contributed by atoms with Gasteiger partial charge < -0.3 is 15.4 Å². The molecule has 0 saturated carbocycles. The van der Waals surface area contributed by atoms with Gasteiger partial charge in [-0.05, 0) is 31.9 Å². The number of halogens is 1. The fraction of sp³-hybridized carbons (Fsp3) is 0.476. The highest BCUT2D eigenvalue weighted by Crippen LogP contribution is 2.41. The molecule has 2 fully saturated rings. The Kier molecular flexibility index (Phi) is 4.41. The van der Waals surface area contributed by atoms with Gasteiger partial charge in [0.15, 0.2) is 5.65 Å². The molecule has 0 aliphatic carbocycles. The van der Waals surface area contributed by atoms with Crippen molar-refractivity contribution >= 4 is 17.0 Å². The number of rotatable bonds is 2. The van der Waals surface area contributed by atoms with Crippen molar-refractivity contribution < 1.29 is 9.13 Å². The summed E-state index contributed by atoms with van der Waals surface area (Å²) in [7, 11) is 1.71. The van der Waals surface area contributed by atoms with E-state index in [0.29, 0.717) is 34.8 Å².